The van der Waals surface area contributed by atoms with Crippen LogP contribution < -0.4 is 5.32 Å². The van der Waals surface area contributed by atoms with Crippen LogP contribution in [0.1, 0.15) is 43.7 Å². The summed E-state index contributed by atoms with van der Waals surface area (Å²) in [4.78, 5) is 28.1. The normalized spacial score (nSPS) is 13.9. The summed E-state index contributed by atoms with van der Waals surface area (Å²) in [5.41, 5.74) is 3.67. The second kappa shape index (κ2) is 10.2. The monoisotopic (exact) mass is 484 g/mol. The van der Waals surface area contributed by atoms with Crippen LogP contribution in [-0.4, -0.2) is 33.0 Å². The molecule has 1 atom stereocenters. The van der Waals surface area contributed by atoms with Crippen LogP contribution in [0.25, 0.3) is 0 Å². The van der Waals surface area contributed by atoms with Crippen molar-refractivity contribution in [3.8, 4) is 0 Å². The highest BCUT2D eigenvalue weighted by Crippen LogP contribution is 2.22. The van der Waals surface area contributed by atoms with Gasteiger partial charge < -0.3 is 10.2 Å². The SMILES string of the molecule is O=C(N[C@@H](Cc1ccccc1)c1ccccc1)c1cc2n(n1)CCN(Cc1ccccc1Cl)C2=O. The van der Waals surface area contributed by atoms with Crippen molar-refractivity contribution in [3.63, 3.8) is 0 Å². The molecule has 176 valence electrons. The summed E-state index contributed by atoms with van der Waals surface area (Å²) in [6.45, 7) is 1.43. The molecule has 5 rings (SSSR count). The van der Waals surface area contributed by atoms with Gasteiger partial charge in [0.05, 0.1) is 12.6 Å². The minimum absolute atomic E-state index is 0.161. The summed E-state index contributed by atoms with van der Waals surface area (Å²) in [6.07, 6.45) is 0.648. The van der Waals surface area contributed by atoms with E-state index in [-0.39, 0.29) is 23.6 Å². The lowest BCUT2D eigenvalue weighted by atomic mass is 9.98. The number of aromatic nitrogens is 2. The summed E-state index contributed by atoms with van der Waals surface area (Å²) in [5.74, 6) is -0.464. The molecule has 3 aromatic carbocycles. The number of carbonyl (C=O) groups excluding carboxylic acids is 2. The van der Waals surface area contributed by atoms with Gasteiger partial charge in [0, 0.05) is 24.2 Å². The molecule has 0 fully saturated rings. The van der Waals surface area contributed by atoms with E-state index >= 15 is 0 Å². The Kier molecular flexibility index (Phi) is 6.64. The van der Waals surface area contributed by atoms with E-state index < -0.39 is 0 Å². The number of hydrogen-bond donors (Lipinski definition) is 1. The van der Waals surface area contributed by atoms with Gasteiger partial charge in [0.15, 0.2) is 5.69 Å². The maximum absolute atomic E-state index is 13.2. The Hall–Kier alpha value is -3.90. The third-order valence-electron chi connectivity index (χ3n) is 6.21. The van der Waals surface area contributed by atoms with Crippen LogP contribution in [0.2, 0.25) is 5.02 Å². The van der Waals surface area contributed by atoms with E-state index in [0.29, 0.717) is 36.8 Å². The van der Waals surface area contributed by atoms with Crippen LogP contribution in [0.15, 0.2) is 91.0 Å². The molecular formula is C28H25ClN4O2. The van der Waals surface area contributed by atoms with Crippen molar-refractivity contribution in [1.82, 2.24) is 20.0 Å². The van der Waals surface area contributed by atoms with Gasteiger partial charge in [-0.15, -0.1) is 0 Å². The van der Waals surface area contributed by atoms with Crippen LogP contribution in [0.4, 0.5) is 0 Å². The van der Waals surface area contributed by atoms with Gasteiger partial charge in [0.25, 0.3) is 11.8 Å². The lowest BCUT2D eigenvalue weighted by Gasteiger charge is -2.27. The molecule has 7 heteroatoms. The fourth-order valence-electron chi connectivity index (χ4n) is 4.35. The maximum atomic E-state index is 13.2. The molecule has 4 aromatic rings. The Bertz CT molecular complexity index is 1340. The van der Waals surface area contributed by atoms with Crippen molar-refractivity contribution >= 4 is 23.4 Å². The fourth-order valence-corrected chi connectivity index (χ4v) is 4.55. The highest BCUT2D eigenvalue weighted by Gasteiger charge is 2.29. The molecule has 2 amide bonds. The topological polar surface area (TPSA) is 67.2 Å². The van der Waals surface area contributed by atoms with Crippen molar-refractivity contribution in [3.05, 3.63) is 124 Å². The Morgan fingerprint density at radius 2 is 1.63 bits per heavy atom. The number of rotatable bonds is 7. The van der Waals surface area contributed by atoms with Crippen LogP contribution >= 0.6 is 11.6 Å². The summed E-state index contributed by atoms with van der Waals surface area (Å²) < 4.78 is 1.62. The second-order valence-corrected chi connectivity index (χ2v) is 8.99. The number of carbonyl (C=O) groups is 2. The van der Waals surface area contributed by atoms with Crippen molar-refractivity contribution in [2.75, 3.05) is 6.54 Å². The van der Waals surface area contributed by atoms with Crippen LogP contribution in [0.5, 0.6) is 0 Å². The van der Waals surface area contributed by atoms with E-state index in [2.05, 4.69) is 10.4 Å². The number of nitrogens with zero attached hydrogens (tertiary/aromatic N) is 3. The van der Waals surface area contributed by atoms with Gasteiger partial charge in [-0.1, -0.05) is 90.5 Å². The highest BCUT2D eigenvalue weighted by atomic mass is 35.5. The van der Waals surface area contributed by atoms with E-state index in [1.807, 2.05) is 84.9 Å². The van der Waals surface area contributed by atoms with Gasteiger partial charge >= 0.3 is 0 Å². The summed E-state index contributed by atoms with van der Waals surface area (Å²) in [5, 5.41) is 8.20. The first kappa shape index (κ1) is 22.9. The van der Waals surface area contributed by atoms with E-state index in [0.717, 1.165) is 16.7 Å². The predicted molar refractivity (Wildman–Crippen MR) is 135 cm³/mol. The molecule has 0 saturated carbocycles. The van der Waals surface area contributed by atoms with Gasteiger partial charge in [0.1, 0.15) is 5.69 Å². The largest absolute Gasteiger partial charge is 0.344 e. The quantitative estimate of drug-likeness (QED) is 0.405. The number of amides is 2. The fraction of sp³-hybridized carbons (Fsp3) is 0.179. The number of benzene rings is 3. The summed E-state index contributed by atoms with van der Waals surface area (Å²) in [7, 11) is 0. The third-order valence-corrected chi connectivity index (χ3v) is 6.58. The zero-order valence-corrected chi connectivity index (χ0v) is 19.9. The van der Waals surface area contributed by atoms with Crippen molar-refractivity contribution in [2.45, 2.75) is 25.6 Å². The standard InChI is InChI=1S/C28H25ClN4O2/c29-23-14-8-7-13-22(23)19-32-15-16-33-26(28(32)35)18-25(31-33)27(34)30-24(21-11-5-2-6-12-21)17-20-9-3-1-4-10-20/h1-14,18,24H,15-17,19H2,(H,30,34)/t24-/m0/s1. The second-order valence-electron chi connectivity index (χ2n) is 8.58. The Morgan fingerprint density at radius 3 is 2.37 bits per heavy atom. The molecule has 35 heavy (non-hydrogen) atoms. The first-order valence-corrected chi connectivity index (χ1v) is 12.0. The summed E-state index contributed by atoms with van der Waals surface area (Å²) >= 11 is 6.29. The third kappa shape index (κ3) is 5.12. The van der Waals surface area contributed by atoms with Gasteiger partial charge in [-0.05, 0) is 29.2 Å². The number of nitrogens with one attached hydrogen (secondary N) is 1. The highest BCUT2D eigenvalue weighted by molar-refractivity contribution is 6.31. The Balaban J connectivity index is 1.34. The lowest BCUT2D eigenvalue weighted by Crippen LogP contribution is -2.39. The molecule has 0 aliphatic carbocycles. The molecule has 2 heterocycles. The van der Waals surface area contributed by atoms with Gasteiger partial charge in [0.2, 0.25) is 0 Å². The predicted octanol–water partition coefficient (Wildman–Crippen LogP) is 4.91. The first-order chi connectivity index (χ1) is 17.1. The molecule has 1 aliphatic rings. The van der Waals surface area contributed by atoms with E-state index in [1.165, 1.54) is 0 Å². The Morgan fingerprint density at radius 1 is 0.943 bits per heavy atom. The molecule has 0 radical (unpaired) electrons. The minimum Gasteiger partial charge on any atom is -0.344 e. The molecular weight excluding hydrogens is 460 g/mol. The van der Waals surface area contributed by atoms with E-state index in [4.69, 9.17) is 11.6 Å². The van der Waals surface area contributed by atoms with Gasteiger partial charge in [-0.2, -0.15) is 5.10 Å². The molecule has 1 aromatic heterocycles. The van der Waals surface area contributed by atoms with Crippen LogP contribution in [-0.2, 0) is 19.5 Å². The molecule has 0 bridgehead atoms. The molecule has 0 saturated heterocycles. The van der Waals surface area contributed by atoms with Crippen LogP contribution in [0, 0.1) is 0 Å². The number of halogens is 1. The first-order valence-electron chi connectivity index (χ1n) is 11.6. The minimum atomic E-state index is -0.304. The zero-order valence-electron chi connectivity index (χ0n) is 19.1. The smallest absolute Gasteiger partial charge is 0.272 e. The van der Waals surface area contributed by atoms with Crippen molar-refractivity contribution in [2.24, 2.45) is 0 Å². The number of fused-ring (bicyclic) bond motifs is 1. The van der Waals surface area contributed by atoms with Crippen molar-refractivity contribution in [1.29, 1.82) is 0 Å². The molecule has 0 spiro atoms. The molecule has 1 aliphatic heterocycles. The average Bonchev–Trinajstić information content (AvgIpc) is 3.33. The molecule has 6 nitrogen and oxygen atoms in total. The van der Waals surface area contributed by atoms with Gasteiger partial charge in [-0.25, -0.2) is 0 Å². The van der Waals surface area contributed by atoms with Gasteiger partial charge in [-0.3, -0.25) is 14.3 Å². The zero-order chi connectivity index (χ0) is 24.2. The molecule has 0 unspecified atom stereocenters. The van der Waals surface area contributed by atoms with Crippen LogP contribution in [0.3, 0.4) is 0 Å². The van der Waals surface area contributed by atoms with Crippen molar-refractivity contribution < 1.29 is 9.59 Å². The lowest BCUT2D eigenvalue weighted by molar-refractivity contribution is 0.0683. The Labute approximate surface area is 209 Å². The van der Waals surface area contributed by atoms with E-state index in [1.54, 1.807) is 15.6 Å². The molecule has 1 N–H and O–H groups in total. The maximum Gasteiger partial charge on any atom is 0.272 e. The summed E-state index contributed by atoms with van der Waals surface area (Å²) in [6, 6.07) is 28.8. The number of hydrogen-bond acceptors (Lipinski definition) is 3. The van der Waals surface area contributed by atoms with E-state index in [9.17, 15) is 9.59 Å². The average molecular weight is 485 g/mol.